The highest BCUT2D eigenvalue weighted by molar-refractivity contribution is 5.66. The van der Waals surface area contributed by atoms with Crippen LogP contribution in [0.25, 0.3) is 0 Å². The Hall–Kier alpha value is -0.910. The molecule has 0 aromatic heterocycles. The smallest absolute Gasteiger partial charge is 0.304 e. The molecule has 0 aromatic rings. The van der Waals surface area contributed by atoms with Gasteiger partial charge in [0.25, 0.3) is 0 Å². The van der Waals surface area contributed by atoms with Gasteiger partial charge in [-0.2, -0.15) is 0 Å². The van der Waals surface area contributed by atoms with Gasteiger partial charge in [-0.15, -0.1) is 6.58 Å². The fraction of sp³-hybridized carbons (Fsp3) is 0.700. The van der Waals surface area contributed by atoms with Gasteiger partial charge >= 0.3 is 5.97 Å². The standard InChI is InChI=1S/C10H19NO4/c1-3-6-15-7-9(12)8(2)11-5-4-10(13)14/h3,8-9,11-12H,1,4-7H2,2H3,(H,13,14). The minimum absolute atomic E-state index is 0.0462. The summed E-state index contributed by atoms with van der Waals surface area (Å²) in [7, 11) is 0. The molecule has 0 aromatic carbocycles. The van der Waals surface area contributed by atoms with Crippen molar-refractivity contribution in [3.63, 3.8) is 0 Å². The highest BCUT2D eigenvalue weighted by Crippen LogP contribution is 1.94. The molecule has 3 N–H and O–H groups in total. The summed E-state index contributed by atoms with van der Waals surface area (Å²) in [4.78, 5) is 10.2. The summed E-state index contributed by atoms with van der Waals surface area (Å²) in [5.74, 6) is -0.855. The van der Waals surface area contributed by atoms with Crippen molar-refractivity contribution < 1.29 is 19.7 Å². The molecule has 88 valence electrons. The van der Waals surface area contributed by atoms with Crippen LogP contribution >= 0.6 is 0 Å². The molecular formula is C10H19NO4. The number of aliphatic hydroxyl groups excluding tert-OH is 1. The second-order valence-corrected chi connectivity index (χ2v) is 3.28. The molecule has 0 fully saturated rings. The quantitative estimate of drug-likeness (QED) is 0.374. The van der Waals surface area contributed by atoms with Crippen LogP contribution in [0.15, 0.2) is 12.7 Å². The van der Waals surface area contributed by atoms with E-state index in [4.69, 9.17) is 9.84 Å². The maximum atomic E-state index is 10.2. The van der Waals surface area contributed by atoms with E-state index in [1.54, 1.807) is 13.0 Å². The summed E-state index contributed by atoms with van der Waals surface area (Å²) in [6, 6.07) is -0.186. The summed E-state index contributed by atoms with van der Waals surface area (Å²) in [5.41, 5.74) is 0. The number of carboxylic acids is 1. The van der Waals surface area contributed by atoms with Gasteiger partial charge in [0.2, 0.25) is 0 Å². The maximum absolute atomic E-state index is 10.2. The Morgan fingerprint density at radius 2 is 2.33 bits per heavy atom. The highest BCUT2D eigenvalue weighted by Gasteiger charge is 2.13. The molecule has 0 aliphatic heterocycles. The van der Waals surface area contributed by atoms with Gasteiger partial charge in [0, 0.05) is 12.6 Å². The molecule has 0 saturated carbocycles. The minimum atomic E-state index is -0.855. The summed E-state index contributed by atoms with van der Waals surface area (Å²) < 4.78 is 5.07. The van der Waals surface area contributed by atoms with E-state index in [-0.39, 0.29) is 19.1 Å². The second-order valence-electron chi connectivity index (χ2n) is 3.28. The van der Waals surface area contributed by atoms with E-state index in [0.717, 1.165) is 0 Å². The largest absolute Gasteiger partial charge is 0.481 e. The van der Waals surface area contributed by atoms with Crippen LogP contribution in [0.4, 0.5) is 0 Å². The van der Waals surface area contributed by atoms with Crippen molar-refractivity contribution in [1.29, 1.82) is 0 Å². The fourth-order valence-corrected chi connectivity index (χ4v) is 0.959. The molecule has 0 bridgehead atoms. The molecule has 0 spiro atoms. The molecule has 2 unspecified atom stereocenters. The first-order chi connectivity index (χ1) is 7.07. The van der Waals surface area contributed by atoms with Crippen LogP contribution in [0.1, 0.15) is 13.3 Å². The van der Waals surface area contributed by atoms with Crippen LogP contribution in [0.2, 0.25) is 0 Å². The zero-order chi connectivity index (χ0) is 11.7. The number of carbonyl (C=O) groups is 1. The highest BCUT2D eigenvalue weighted by atomic mass is 16.5. The zero-order valence-corrected chi connectivity index (χ0v) is 8.98. The third kappa shape index (κ3) is 8.11. The van der Waals surface area contributed by atoms with E-state index < -0.39 is 12.1 Å². The lowest BCUT2D eigenvalue weighted by Crippen LogP contribution is -2.40. The van der Waals surface area contributed by atoms with Crippen LogP contribution < -0.4 is 5.32 Å². The Morgan fingerprint density at radius 1 is 1.67 bits per heavy atom. The third-order valence-corrected chi connectivity index (χ3v) is 1.91. The fourth-order valence-electron chi connectivity index (χ4n) is 0.959. The van der Waals surface area contributed by atoms with E-state index in [9.17, 15) is 9.90 Å². The van der Waals surface area contributed by atoms with E-state index >= 15 is 0 Å². The predicted octanol–water partition coefficient (Wildman–Crippen LogP) is 0.00270. The summed E-state index contributed by atoms with van der Waals surface area (Å²) in [6.07, 6.45) is 1.01. The average Bonchev–Trinajstić information content (AvgIpc) is 2.17. The van der Waals surface area contributed by atoms with Gasteiger partial charge < -0.3 is 20.3 Å². The first-order valence-corrected chi connectivity index (χ1v) is 4.89. The van der Waals surface area contributed by atoms with Crippen molar-refractivity contribution in [3.05, 3.63) is 12.7 Å². The van der Waals surface area contributed by atoms with Gasteiger partial charge in [-0.25, -0.2) is 0 Å². The Balaban J connectivity index is 3.54. The summed E-state index contributed by atoms with van der Waals surface area (Å²) in [6.45, 7) is 6.22. The Labute approximate surface area is 89.7 Å². The summed E-state index contributed by atoms with van der Waals surface area (Å²) in [5, 5.41) is 20.8. The lowest BCUT2D eigenvalue weighted by Gasteiger charge is -2.19. The number of nitrogens with one attached hydrogen (secondary N) is 1. The molecule has 0 rings (SSSR count). The van der Waals surface area contributed by atoms with Gasteiger partial charge in [0.05, 0.1) is 25.7 Å². The number of hydrogen-bond donors (Lipinski definition) is 3. The molecule has 0 radical (unpaired) electrons. The van der Waals surface area contributed by atoms with Gasteiger partial charge in [-0.1, -0.05) is 6.08 Å². The van der Waals surface area contributed by atoms with Crippen molar-refractivity contribution >= 4 is 5.97 Å². The molecule has 5 nitrogen and oxygen atoms in total. The number of carboxylic acid groups (broad SMARTS) is 1. The number of aliphatic carboxylic acids is 1. The van der Waals surface area contributed by atoms with Gasteiger partial charge in [-0.3, -0.25) is 4.79 Å². The van der Waals surface area contributed by atoms with E-state index in [2.05, 4.69) is 11.9 Å². The van der Waals surface area contributed by atoms with Crippen molar-refractivity contribution in [2.75, 3.05) is 19.8 Å². The number of hydrogen-bond acceptors (Lipinski definition) is 4. The van der Waals surface area contributed by atoms with Crippen LogP contribution in [0, 0.1) is 0 Å². The van der Waals surface area contributed by atoms with E-state index in [1.807, 2.05) is 0 Å². The Bertz CT molecular complexity index is 196. The summed E-state index contributed by atoms with van der Waals surface area (Å²) >= 11 is 0. The van der Waals surface area contributed by atoms with E-state index in [1.165, 1.54) is 0 Å². The van der Waals surface area contributed by atoms with Crippen molar-refractivity contribution in [1.82, 2.24) is 5.32 Å². The second kappa shape index (κ2) is 8.40. The van der Waals surface area contributed by atoms with Crippen molar-refractivity contribution in [3.8, 4) is 0 Å². The molecule has 0 aliphatic rings. The zero-order valence-electron chi connectivity index (χ0n) is 8.98. The predicted molar refractivity (Wildman–Crippen MR) is 56.7 cm³/mol. The van der Waals surface area contributed by atoms with Gasteiger partial charge in [-0.05, 0) is 6.92 Å². The van der Waals surface area contributed by atoms with Gasteiger partial charge in [0.15, 0.2) is 0 Å². The maximum Gasteiger partial charge on any atom is 0.304 e. The molecule has 0 amide bonds. The lowest BCUT2D eigenvalue weighted by atomic mass is 10.2. The average molecular weight is 217 g/mol. The van der Waals surface area contributed by atoms with E-state index in [0.29, 0.717) is 13.2 Å². The molecular weight excluding hydrogens is 198 g/mol. The van der Waals surface area contributed by atoms with Crippen LogP contribution in [0.3, 0.4) is 0 Å². The first kappa shape index (κ1) is 14.1. The monoisotopic (exact) mass is 217 g/mol. The molecule has 15 heavy (non-hydrogen) atoms. The number of aliphatic hydroxyl groups is 1. The molecule has 5 heteroatoms. The lowest BCUT2D eigenvalue weighted by molar-refractivity contribution is -0.136. The SMILES string of the molecule is C=CCOCC(O)C(C)NCCC(=O)O. The number of rotatable bonds is 9. The third-order valence-electron chi connectivity index (χ3n) is 1.91. The van der Waals surface area contributed by atoms with Crippen LogP contribution in [-0.2, 0) is 9.53 Å². The first-order valence-electron chi connectivity index (χ1n) is 4.89. The topological polar surface area (TPSA) is 78.8 Å². The molecule has 0 saturated heterocycles. The Kier molecular flexibility index (Phi) is 7.89. The van der Waals surface area contributed by atoms with Crippen LogP contribution in [0.5, 0.6) is 0 Å². The normalized spacial score (nSPS) is 14.5. The Morgan fingerprint density at radius 3 is 2.87 bits per heavy atom. The van der Waals surface area contributed by atoms with Crippen molar-refractivity contribution in [2.45, 2.75) is 25.5 Å². The van der Waals surface area contributed by atoms with Crippen molar-refractivity contribution in [2.24, 2.45) is 0 Å². The molecule has 2 atom stereocenters. The molecule has 0 aliphatic carbocycles. The molecule has 0 heterocycles. The van der Waals surface area contributed by atoms with Gasteiger partial charge in [0.1, 0.15) is 0 Å². The minimum Gasteiger partial charge on any atom is -0.481 e. The number of ether oxygens (including phenoxy) is 1. The van der Waals surface area contributed by atoms with Crippen LogP contribution in [-0.4, -0.2) is 48.1 Å².